The number of nitrogens with zero attached hydrogens (tertiary/aromatic N) is 1. The Morgan fingerprint density at radius 1 is 1.00 bits per heavy atom. The van der Waals surface area contributed by atoms with Gasteiger partial charge in [0.2, 0.25) is 5.91 Å². The molecule has 2 N–H and O–H groups in total. The van der Waals surface area contributed by atoms with Crippen molar-refractivity contribution in [2.45, 2.75) is 59.7 Å². The van der Waals surface area contributed by atoms with E-state index in [4.69, 9.17) is 0 Å². The van der Waals surface area contributed by atoms with Crippen LogP contribution < -0.4 is 10.6 Å². The van der Waals surface area contributed by atoms with Crippen molar-refractivity contribution in [3.8, 4) is 0 Å². The molecule has 0 fully saturated rings. The van der Waals surface area contributed by atoms with Gasteiger partial charge in [0, 0.05) is 36.8 Å². The van der Waals surface area contributed by atoms with Crippen LogP contribution in [0.3, 0.4) is 0 Å². The van der Waals surface area contributed by atoms with Crippen LogP contribution >= 0.6 is 0 Å². The van der Waals surface area contributed by atoms with Crippen LogP contribution in [0.4, 0.5) is 5.69 Å². The first-order valence-corrected chi connectivity index (χ1v) is 10.4. The van der Waals surface area contributed by atoms with Gasteiger partial charge in [-0.1, -0.05) is 38.1 Å². The van der Waals surface area contributed by atoms with Gasteiger partial charge in [-0.05, 0) is 62.2 Å². The monoisotopic (exact) mass is 395 g/mol. The van der Waals surface area contributed by atoms with Crippen LogP contribution in [-0.4, -0.2) is 29.3 Å². The zero-order valence-corrected chi connectivity index (χ0v) is 18.0. The van der Waals surface area contributed by atoms with Gasteiger partial charge in [0.15, 0.2) is 0 Å². The molecule has 2 amide bonds. The summed E-state index contributed by atoms with van der Waals surface area (Å²) in [5, 5.41) is 5.83. The van der Waals surface area contributed by atoms with Crippen molar-refractivity contribution >= 4 is 17.5 Å². The molecule has 0 radical (unpaired) electrons. The van der Waals surface area contributed by atoms with Crippen LogP contribution in [0.2, 0.25) is 0 Å². The minimum atomic E-state index is -0.104. The molecule has 0 atom stereocenters. The fraction of sp³-hybridized carbons (Fsp3) is 0.417. The third-order valence-electron chi connectivity index (χ3n) is 4.88. The molecule has 2 aromatic carbocycles. The normalized spacial score (nSPS) is 11.0. The summed E-state index contributed by atoms with van der Waals surface area (Å²) in [5.41, 5.74) is 3.55. The molecule has 0 saturated heterocycles. The van der Waals surface area contributed by atoms with Gasteiger partial charge in [-0.25, -0.2) is 0 Å². The van der Waals surface area contributed by atoms with Gasteiger partial charge in [0.25, 0.3) is 5.91 Å². The lowest BCUT2D eigenvalue weighted by atomic mass is 10.1. The van der Waals surface area contributed by atoms with Gasteiger partial charge in [-0.3, -0.25) is 14.5 Å². The van der Waals surface area contributed by atoms with Crippen LogP contribution in [0.15, 0.2) is 48.5 Å². The molecule has 0 spiro atoms. The van der Waals surface area contributed by atoms with Crippen molar-refractivity contribution in [1.29, 1.82) is 0 Å². The summed E-state index contributed by atoms with van der Waals surface area (Å²) in [7, 11) is 0. The number of anilines is 1. The number of rotatable bonds is 10. The summed E-state index contributed by atoms with van der Waals surface area (Å²) in [6.07, 6.45) is 1.32. The molecule has 0 heterocycles. The lowest BCUT2D eigenvalue weighted by Crippen LogP contribution is -2.30. The molecule has 0 unspecified atom stereocenters. The Morgan fingerprint density at radius 2 is 1.72 bits per heavy atom. The molecule has 156 valence electrons. The van der Waals surface area contributed by atoms with Crippen molar-refractivity contribution in [2.24, 2.45) is 0 Å². The molecular formula is C24H33N3O2. The molecule has 0 saturated carbocycles. The van der Waals surface area contributed by atoms with E-state index < -0.39 is 0 Å². The molecule has 0 bridgehead atoms. The summed E-state index contributed by atoms with van der Waals surface area (Å²) in [6.45, 7) is 10.8. The summed E-state index contributed by atoms with van der Waals surface area (Å²) in [4.78, 5) is 26.6. The molecule has 0 aliphatic heterocycles. The van der Waals surface area contributed by atoms with E-state index in [1.54, 1.807) is 0 Å². The van der Waals surface area contributed by atoms with Crippen molar-refractivity contribution < 1.29 is 9.59 Å². The summed E-state index contributed by atoms with van der Waals surface area (Å²) in [5.74, 6) is -0.0962. The third kappa shape index (κ3) is 7.35. The molecule has 0 aliphatic carbocycles. The van der Waals surface area contributed by atoms with Crippen LogP contribution in [0, 0.1) is 0 Å². The molecule has 0 aromatic heterocycles. The van der Waals surface area contributed by atoms with E-state index >= 15 is 0 Å². The van der Waals surface area contributed by atoms with E-state index in [1.165, 1.54) is 5.56 Å². The summed E-state index contributed by atoms with van der Waals surface area (Å²) >= 11 is 0. The Hall–Kier alpha value is -2.66. The van der Waals surface area contributed by atoms with Gasteiger partial charge in [-0.15, -0.1) is 0 Å². The quantitative estimate of drug-likeness (QED) is 0.619. The smallest absolute Gasteiger partial charge is 0.251 e. The Morgan fingerprint density at radius 3 is 2.34 bits per heavy atom. The maximum absolute atomic E-state index is 12.5. The first-order chi connectivity index (χ1) is 13.9. The van der Waals surface area contributed by atoms with E-state index in [0.717, 1.165) is 30.8 Å². The first-order valence-electron chi connectivity index (χ1n) is 10.4. The van der Waals surface area contributed by atoms with Gasteiger partial charge < -0.3 is 10.6 Å². The van der Waals surface area contributed by atoms with Crippen LogP contribution in [-0.2, 0) is 17.9 Å². The molecule has 5 nitrogen and oxygen atoms in total. The fourth-order valence-electron chi connectivity index (χ4n) is 3.15. The van der Waals surface area contributed by atoms with Gasteiger partial charge in [-0.2, -0.15) is 0 Å². The number of amides is 2. The molecule has 2 aromatic rings. The number of hydrogen-bond acceptors (Lipinski definition) is 3. The Bertz CT molecular complexity index is 800. The van der Waals surface area contributed by atoms with E-state index in [9.17, 15) is 9.59 Å². The molecule has 2 rings (SSSR count). The summed E-state index contributed by atoms with van der Waals surface area (Å²) in [6, 6.07) is 15.8. The number of carbonyl (C=O) groups is 2. The molecule has 0 aliphatic rings. The topological polar surface area (TPSA) is 61.4 Å². The van der Waals surface area contributed by atoms with E-state index in [-0.39, 0.29) is 11.8 Å². The Labute approximate surface area is 174 Å². The average Bonchev–Trinajstić information content (AvgIpc) is 2.71. The standard InChI is InChI=1S/C24H33N3O2/c1-5-8-23(28)26-22-10-7-9-20(15-22)16-25-24(29)21-13-11-19(12-14-21)17-27(6-2)18(3)4/h7,9-15,18H,5-6,8,16-17H2,1-4H3,(H,25,29)(H,26,28). The second-order valence-electron chi connectivity index (χ2n) is 7.53. The fourth-order valence-corrected chi connectivity index (χ4v) is 3.15. The van der Waals surface area contributed by atoms with Crippen LogP contribution in [0.25, 0.3) is 0 Å². The van der Waals surface area contributed by atoms with Crippen LogP contribution in [0.5, 0.6) is 0 Å². The maximum Gasteiger partial charge on any atom is 0.251 e. The maximum atomic E-state index is 12.5. The van der Waals surface area contributed by atoms with Crippen molar-refractivity contribution in [3.63, 3.8) is 0 Å². The van der Waals surface area contributed by atoms with Gasteiger partial charge >= 0.3 is 0 Å². The Balaban J connectivity index is 1.91. The minimum absolute atomic E-state index is 0.00730. The van der Waals surface area contributed by atoms with Crippen molar-refractivity contribution in [2.75, 3.05) is 11.9 Å². The third-order valence-corrected chi connectivity index (χ3v) is 4.88. The number of benzene rings is 2. The predicted octanol–water partition coefficient (Wildman–Crippen LogP) is 4.59. The van der Waals surface area contributed by atoms with Crippen molar-refractivity contribution in [1.82, 2.24) is 10.2 Å². The highest BCUT2D eigenvalue weighted by Crippen LogP contribution is 2.13. The highest BCUT2D eigenvalue weighted by atomic mass is 16.2. The van der Waals surface area contributed by atoms with E-state index in [2.05, 4.69) is 36.3 Å². The van der Waals surface area contributed by atoms with Gasteiger partial charge in [0.05, 0.1) is 0 Å². The second kappa shape index (κ2) is 11.4. The second-order valence-corrected chi connectivity index (χ2v) is 7.53. The minimum Gasteiger partial charge on any atom is -0.348 e. The number of hydrogen-bond donors (Lipinski definition) is 2. The zero-order valence-electron chi connectivity index (χ0n) is 18.0. The largest absolute Gasteiger partial charge is 0.348 e. The lowest BCUT2D eigenvalue weighted by molar-refractivity contribution is -0.116. The molecular weight excluding hydrogens is 362 g/mol. The predicted molar refractivity (Wildman–Crippen MR) is 119 cm³/mol. The van der Waals surface area contributed by atoms with Gasteiger partial charge in [0.1, 0.15) is 0 Å². The van der Waals surface area contributed by atoms with Crippen LogP contribution in [0.1, 0.15) is 62.0 Å². The zero-order chi connectivity index (χ0) is 21.2. The summed E-state index contributed by atoms with van der Waals surface area (Å²) < 4.78 is 0. The van der Waals surface area contributed by atoms with Crippen molar-refractivity contribution in [3.05, 3.63) is 65.2 Å². The first kappa shape index (κ1) is 22.6. The van der Waals surface area contributed by atoms with E-state index in [0.29, 0.717) is 24.6 Å². The average molecular weight is 396 g/mol. The Kier molecular flexibility index (Phi) is 8.87. The lowest BCUT2D eigenvalue weighted by Gasteiger charge is -2.24. The van der Waals surface area contributed by atoms with E-state index in [1.807, 2.05) is 55.5 Å². The SMILES string of the molecule is CCCC(=O)Nc1cccc(CNC(=O)c2ccc(CN(CC)C(C)C)cc2)c1. The highest BCUT2D eigenvalue weighted by Gasteiger charge is 2.10. The molecule has 29 heavy (non-hydrogen) atoms. The number of nitrogens with one attached hydrogen (secondary N) is 2. The number of carbonyl (C=O) groups excluding carboxylic acids is 2. The molecule has 5 heteroatoms. The highest BCUT2D eigenvalue weighted by molar-refractivity contribution is 5.94.